The van der Waals surface area contributed by atoms with Crippen LogP contribution >= 0.6 is 0 Å². The maximum Gasteiger partial charge on any atom is 0.160 e. The molecular formula is C20H26O. The number of hydrogen-bond donors (Lipinski definition) is 0. The molecule has 1 nitrogen and oxygen atoms in total. The topological polar surface area (TPSA) is 17.1 Å². The van der Waals surface area contributed by atoms with Gasteiger partial charge in [0.15, 0.2) is 5.78 Å². The largest absolute Gasteiger partial charge is 0.295 e. The molecule has 0 saturated carbocycles. The third-order valence-electron chi connectivity index (χ3n) is 4.01. The highest BCUT2D eigenvalue weighted by atomic mass is 16.1. The Kier molecular flexibility index (Phi) is 3.73. The minimum Gasteiger partial charge on any atom is -0.295 e. The standard InChI is InChI=1S/C20H26O/c1-13(21)15-11-14-9-8-10-17(19(2,3)4)16(14)12-18(15)20(5,6)7/h8-12H,1-7H3. The predicted molar refractivity (Wildman–Crippen MR) is 91.4 cm³/mol. The Morgan fingerprint density at radius 2 is 1.43 bits per heavy atom. The van der Waals surface area contributed by atoms with E-state index < -0.39 is 0 Å². The number of ketones is 1. The van der Waals surface area contributed by atoms with Gasteiger partial charge in [0.1, 0.15) is 0 Å². The molecule has 112 valence electrons. The van der Waals surface area contributed by atoms with Crippen LogP contribution in [0, 0.1) is 0 Å². The van der Waals surface area contributed by atoms with Gasteiger partial charge in [0.25, 0.3) is 0 Å². The van der Waals surface area contributed by atoms with E-state index in [-0.39, 0.29) is 16.6 Å². The third kappa shape index (κ3) is 3.02. The van der Waals surface area contributed by atoms with Gasteiger partial charge in [-0.2, -0.15) is 0 Å². The zero-order chi connectivity index (χ0) is 16.0. The second kappa shape index (κ2) is 4.98. The summed E-state index contributed by atoms with van der Waals surface area (Å²) in [6, 6.07) is 10.7. The maximum absolute atomic E-state index is 12.0. The van der Waals surface area contributed by atoms with E-state index in [1.54, 1.807) is 6.92 Å². The van der Waals surface area contributed by atoms with Gasteiger partial charge in [-0.3, -0.25) is 4.79 Å². The summed E-state index contributed by atoms with van der Waals surface area (Å²) in [5.41, 5.74) is 3.37. The first-order chi connectivity index (χ1) is 9.51. The first-order valence-corrected chi connectivity index (χ1v) is 7.60. The molecule has 0 aliphatic carbocycles. The second-order valence-corrected chi connectivity index (χ2v) is 7.98. The van der Waals surface area contributed by atoms with Crippen molar-refractivity contribution in [1.29, 1.82) is 0 Å². The Balaban J connectivity index is 2.90. The number of Topliss-reactive ketones (excluding diaryl/α,β-unsaturated/α-hetero) is 1. The molecule has 0 unspecified atom stereocenters. The van der Waals surface area contributed by atoms with Crippen LogP contribution in [-0.2, 0) is 10.8 Å². The molecule has 0 amide bonds. The molecule has 0 aromatic heterocycles. The summed E-state index contributed by atoms with van der Waals surface area (Å²) in [4.78, 5) is 12.0. The Morgan fingerprint density at radius 3 is 1.90 bits per heavy atom. The Morgan fingerprint density at radius 1 is 0.857 bits per heavy atom. The molecule has 0 N–H and O–H groups in total. The van der Waals surface area contributed by atoms with Gasteiger partial charge >= 0.3 is 0 Å². The van der Waals surface area contributed by atoms with Crippen molar-refractivity contribution in [1.82, 2.24) is 0 Å². The van der Waals surface area contributed by atoms with Crippen LogP contribution in [0.1, 0.15) is 70.0 Å². The summed E-state index contributed by atoms with van der Waals surface area (Å²) in [5, 5.41) is 2.42. The maximum atomic E-state index is 12.0. The SMILES string of the molecule is CC(=O)c1cc2cccc(C(C)(C)C)c2cc1C(C)(C)C. The lowest BCUT2D eigenvalue weighted by Gasteiger charge is -2.26. The Hall–Kier alpha value is -1.63. The van der Waals surface area contributed by atoms with Gasteiger partial charge in [-0.25, -0.2) is 0 Å². The summed E-state index contributed by atoms with van der Waals surface area (Å²) in [7, 11) is 0. The quantitative estimate of drug-likeness (QED) is 0.619. The molecule has 0 heterocycles. The highest BCUT2D eigenvalue weighted by Gasteiger charge is 2.23. The number of benzene rings is 2. The lowest BCUT2D eigenvalue weighted by Crippen LogP contribution is -2.17. The lowest BCUT2D eigenvalue weighted by atomic mass is 9.78. The van der Waals surface area contributed by atoms with Crippen LogP contribution in [0.25, 0.3) is 10.8 Å². The van der Waals surface area contributed by atoms with E-state index in [1.165, 1.54) is 10.9 Å². The first-order valence-electron chi connectivity index (χ1n) is 7.60. The van der Waals surface area contributed by atoms with Crippen LogP contribution < -0.4 is 0 Å². The average Bonchev–Trinajstić information content (AvgIpc) is 2.34. The molecule has 0 spiro atoms. The van der Waals surface area contributed by atoms with E-state index in [2.05, 4.69) is 71.9 Å². The van der Waals surface area contributed by atoms with Gasteiger partial charge in [-0.05, 0) is 51.8 Å². The molecule has 0 radical (unpaired) electrons. The molecule has 0 saturated heterocycles. The molecule has 2 aromatic rings. The van der Waals surface area contributed by atoms with Gasteiger partial charge in [0.05, 0.1) is 0 Å². The second-order valence-electron chi connectivity index (χ2n) is 7.98. The van der Waals surface area contributed by atoms with Crippen LogP contribution in [0.3, 0.4) is 0 Å². The summed E-state index contributed by atoms with van der Waals surface area (Å²) < 4.78 is 0. The average molecular weight is 282 g/mol. The van der Waals surface area contributed by atoms with E-state index in [4.69, 9.17) is 0 Å². The predicted octanol–water partition coefficient (Wildman–Crippen LogP) is 5.64. The highest BCUT2D eigenvalue weighted by Crippen LogP contribution is 2.35. The normalized spacial score (nSPS) is 12.7. The monoisotopic (exact) mass is 282 g/mol. The van der Waals surface area contributed by atoms with Crippen molar-refractivity contribution in [3.8, 4) is 0 Å². The van der Waals surface area contributed by atoms with E-state index in [1.807, 2.05) is 0 Å². The molecule has 2 rings (SSSR count). The minimum absolute atomic E-state index is 0.0415. The molecule has 0 aliphatic rings. The molecule has 2 aromatic carbocycles. The van der Waals surface area contributed by atoms with Crippen LogP contribution in [0.5, 0.6) is 0 Å². The summed E-state index contributed by atoms with van der Waals surface area (Å²) in [6.07, 6.45) is 0. The zero-order valence-corrected chi connectivity index (χ0v) is 14.3. The van der Waals surface area contributed by atoms with Gasteiger partial charge in [0, 0.05) is 5.56 Å². The lowest BCUT2D eigenvalue weighted by molar-refractivity contribution is 0.101. The molecule has 0 aliphatic heterocycles. The Bertz CT molecular complexity index is 694. The van der Waals surface area contributed by atoms with Crippen molar-refractivity contribution in [3.05, 3.63) is 47.0 Å². The van der Waals surface area contributed by atoms with E-state index in [0.29, 0.717) is 0 Å². The van der Waals surface area contributed by atoms with Gasteiger partial charge in [0.2, 0.25) is 0 Å². The van der Waals surface area contributed by atoms with Crippen molar-refractivity contribution >= 4 is 16.6 Å². The molecular weight excluding hydrogens is 256 g/mol. The van der Waals surface area contributed by atoms with Gasteiger partial charge < -0.3 is 0 Å². The van der Waals surface area contributed by atoms with Crippen molar-refractivity contribution in [2.24, 2.45) is 0 Å². The van der Waals surface area contributed by atoms with Crippen LogP contribution in [0.2, 0.25) is 0 Å². The molecule has 21 heavy (non-hydrogen) atoms. The van der Waals surface area contributed by atoms with Gasteiger partial charge in [-0.1, -0.05) is 59.7 Å². The molecule has 0 bridgehead atoms. The molecule has 0 fully saturated rings. The van der Waals surface area contributed by atoms with E-state index in [9.17, 15) is 4.79 Å². The summed E-state index contributed by atoms with van der Waals surface area (Å²) in [5.74, 6) is 0.142. The van der Waals surface area contributed by atoms with E-state index >= 15 is 0 Å². The van der Waals surface area contributed by atoms with Crippen LogP contribution in [0.15, 0.2) is 30.3 Å². The number of hydrogen-bond acceptors (Lipinski definition) is 1. The van der Waals surface area contributed by atoms with Gasteiger partial charge in [-0.15, -0.1) is 0 Å². The number of rotatable bonds is 1. The van der Waals surface area contributed by atoms with Crippen molar-refractivity contribution in [2.75, 3.05) is 0 Å². The van der Waals surface area contributed by atoms with Crippen molar-refractivity contribution in [2.45, 2.75) is 59.3 Å². The fourth-order valence-corrected chi connectivity index (χ4v) is 2.89. The molecule has 1 heteroatoms. The number of carbonyl (C=O) groups is 1. The highest BCUT2D eigenvalue weighted by molar-refractivity contribution is 6.01. The molecule has 0 atom stereocenters. The number of carbonyl (C=O) groups excluding carboxylic acids is 1. The fourth-order valence-electron chi connectivity index (χ4n) is 2.89. The Labute approximate surface area is 128 Å². The van der Waals surface area contributed by atoms with Crippen molar-refractivity contribution < 1.29 is 4.79 Å². The fraction of sp³-hybridized carbons (Fsp3) is 0.450. The number of fused-ring (bicyclic) bond motifs is 1. The van der Waals surface area contributed by atoms with Crippen LogP contribution in [-0.4, -0.2) is 5.78 Å². The first kappa shape index (κ1) is 15.8. The summed E-state index contributed by atoms with van der Waals surface area (Å²) >= 11 is 0. The van der Waals surface area contributed by atoms with E-state index in [0.717, 1.165) is 16.5 Å². The van der Waals surface area contributed by atoms with Crippen molar-refractivity contribution in [3.63, 3.8) is 0 Å². The summed E-state index contributed by atoms with van der Waals surface area (Å²) in [6.45, 7) is 14.9. The smallest absolute Gasteiger partial charge is 0.160 e. The minimum atomic E-state index is -0.0415. The third-order valence-corrected chi connectivity index (χ3v) is 4.01. The zero-order valence-electron chi connectivity index (χ0n) is 14.3. The van der Waals surface area contributed by atoms with Crippen LogP contribution in [0.4, 0.5) is 0 Å².